The minimum Gasteiger partial charge on any atom is -0.460 e. The van der Waals surface area contributed by atoms with Gasteiger partial charge < -0.3 is 4.42 Å². The predicted octanol–water partition coefficient (Wildman–Crippen LogP) is 5.19. The van der Waals surface area contributed by atoms with Gasteiger partial charge in [0.2, 0.25) is 0 Å². The maximum absolute atomic E-state index is 13.0. The lowest BCUT2D eigenvalue weighted by Gasteiger charge is -2.06. The van der Waals surface area contributed by atoms with E-state index >= 15 is 0 Å². The van der Waals surface area contributed by atoms with Gasteiger partial charge in [0.25, 0.3) is 0 Å². The molecule has 0 bridgehead atoms. The minimum atomic E-state index is -0.0307. The summed E-state index contributed by atoms with van der Waals surface area (Å²) in [5.41, 5.74) is 2.83. The molecule has 0 N–H and O–H groups in total. The van der Waals surface area contributed by atoms with Crippen LogP contribution in [0, 0.1) is 6.92 Å². The fourth-order valence-corrected chi connectivity index (χ4v) is 2.76. The van der Waals surface area contributed by atoms with Crippen molar-refractivity contribution in [2.24, 2.45) is 0 Å². The molecule has 0 unspecified atom stereocenters. The molecule has 0 saturated heterocycles. The van der Waals surface area contributed by atoms with E-state index in [0.29, 0.717) is 22.6 Å². The molecule has 21 heavy (non-hydrogen) atoms. The molecule has 3 heteroatoms. The fraction of sp³-hybridized carbons (Fsp3) is 0.167. The molecule has 0 aliphatic carbocycles. The molecule has 0 aliphatic rings. The van der Waals surface area contributed by atoms with Crippen molar-refractivity contribution in [3.8, 4) is 0 Å². The first kappa shape index (κ1) is 13.9. The van der Waals surface area contributed by atoms with Crippen LogP contribution in [0.1, 0.15) is 34.2 Å². The van der Waals surface area contributed by atoms with Gasteiger partial charge in [-0.05, 0) is 24.6 Å². The van der Waals surface area contributed by atoms with Crippen molar-refractivity contribution in [2.75, 3.05) is 0 Å². The lowest BCUT2D eigenvalue weighted by molar-refractivity contribution is 0.103. The summed E-state index contributed by atoms with van der Waals surface area (Å²) in [5.74, 6) is 0.692. The van der Waals surface area contributed by atoms with E-state index in [4.69, 9.17) is 16.0 Å². The van der Waals surface area contributed by atoms with Gasteiger partial charge in [-0.2, -0.15) is 0 Å². The Morgan fingerprint density at radius 3 is 2.67 bits per heavy atom. The van der Waals surface area contributed by atoms with Gasteiger partial charge in [0.1, 0.15) is 11.3 Å². The van der Waals surface area contributed by atoms with E-state index in [0.717, 1.165) is 22.3 Å². The standard InChI is InChI=1S/C18H15ClO2/c1-3-15-17(13-7-4-5-10-16(13)21-15)18(20)12-8-6-9-14(19)11(12)2/h4-10H,3H2,1-2H3. The summed E-state index contributed by atoms with van der Waals surface area (Å²) < 4.78 is 5.81. The number of ketones is 1. The number of halogens is 1. The lowest BCUT2D eigenvalue weighted by atomic mass is 9.96. The zero-order chi connectivity index (χ0) is 15.0. The van der Waals surface area contributed by atoms with Gasteiger partial charge >= 0.3 is 0 Å². The van der Waals surface area contributed by atoms with Crippen molar-refractivity contribution in [1.29, 1.82) is 0 Å². The molecule has 0 spiro atoms. The molecule has 0 radical (unpaired) electrons. The predicted molar refractivity (Wildman–Crippen MR) is 85.2 cm³/mol. The zero-order valence-corrected chi connectivity index (χ0v) is 12.7. The average Bonchev–Trinajstić information content (AvgIpc) is 2.88. The number of aryl methyl sites for hydroxylation is 1. The van der Waals surface area contributed by atoms with E-state index in [2.05, 4.69) is 0 Å². The van der Waals surface area contributed by atoms with Crippen molar-refractivity contribution in [2.45, 2.75) is 20.3 Å². The topological polar surface area (TPSA) is 30.2 Å². The highest BCUT2D eigenvalue weighted by Crippen LogP contribution is 2.30. The van der Waals surface area contributed by atoms with Crippen LogP contribution < -0.4 is 0 Å². The average molecular weight is 299 g/mol. The second-order valence-corrected chi connectivity index (χ2v) is 5.40. The summed E-state index contributed by atoms with van der Waals surface area (Å²) >= 11 is 6.14. The number of fused-ring (bicyclic) bond motifs is 1. The third kappa shape index (κ3) is 2.26. The monoisotopic (exact) mass is 298 g/mol. The van der Waals surface area contributed by atoms with E-state index in [1.807, 2.05) is 44.2 Å². The van der Waals surface area contributed by atoms with E-state index in [1.165, 1.54) is 0 Å². The highest BCUT2D eigenvalue weighted by Gasteiger charge is 2.22. The van der Waals surface area contributed by atoms with E-state index in [9.17, 15) is 4.79 Å². The summed E-state index contributed by atoms with van der Waals surface area (Å²) in [6.45, 7) is 3.85. The van der Waals surface area contributed by atoms with Crippen molar-refractivity contribution in [3.05, 3.63) is 69.9 Å². The Morgan fingerprint density at radius 2 is 1.90 bits per heavy atom. The second-order valence-electron chi connectivity index (χ2n) is 4.99. The van der Waals surface area contributed by atoms with Gasteiger partial charge in [-0.1, -0.05) is 48.9 Å². The summed E-state index contributed by atoms with van der Waals surface area (Å²) in [6.07, 6.45) is 0.676. The van der Waals surface area contributed by atoms with Gasteiger partial charge in [0, 0.05) is 22.4 Å². The van der Waals surface area contributed by atoms with Crippen LogP contribution in [0.25, 0.3) is 11.0 Å². The van der Waals surface area contributed by atoms with E-state index < -0.39 is 0 Å². The smallest absolute Gasteiger partial charge is 0.197 e. The molecule has 2 aromatic carbocycles. The molecule has 3 aromatic rings. The van der Waals surface area contributed by atoms with Gasteiger partial charge in [-0.15, -0.1) is 0 Å². The molecular formula is C18H15ClO2. The highest BCUT2D eigenvalue weighted by atomic mass is 35.5. The number of carbonyl (C=O) groups excluding carboxylic acids is 1. The molecule has 2 nitrogen and oxygen atoms in total. The normalized spacial score (nSPS) is 11.0. The number of para-hydroxylation sites is 1. The molecule has 3 rings (SSSR count). The fourth-order valence-electron chi connectivity index (χ4n) is 2.58. The number of benzene rings is 2. The van der Waals surface area contributed by atoms with Crippen molar-refractivity contribution >= 4 is 28.4 Å². The van der Waals surface area contributed by atoms with Crippen molar-refractivity contribution in [3.63, 3.8) is 0 Å². The summed E-state index contributed by atoms with van der Waals surface area (Å²) in [5, 5.41) is 1.46. The molecule has 0 fully saturated rings. The van der Waals surface area contributed by atoms with Gasteiger partial charge in [-0.3, -0.25) is 4.79 Å². The Kier molecular flexibility index (Phi) is 3.56. The molecule has 0 saturated carbocycles. The molecule has 1 aromatic heterocycles. The Balaban J connectivity index is 2.24. The third-order valence-electron chi connectivity index (χ3n) is 3.73. The van der Waals surface area contributed by atoms with Crippen LogP contribution in [-0.4, -0.2) is 5.78 Å². The molecule has 0 aliphatic heterocycles. The van der Waals surface area contributed by atoms with Crippen LogP contribution >= 0.6 is 11.6 Å². The summed E-state index contributed by atoms with van der Waals surface area (Å²) in [6, 6.07) is 13.0. The van der Waals surface area contributed by atoms with E-state index in [-0.39, 0.29) is 5.78 Å². The first-order valence-electron chi connectivity index (χ1n) is 6.93. The number of furan rings is 1. The first-order chi connectivity index (χ1) is 10.1. The Labute approximate surface area is 128 Å². The van der Waals surface area contributed by atoms with Gasteiger partial charge in [-0.25, -0.2) is 0 Å². The highest BCUT2D eigenvalue weighted by molar-refractivity contribution is 6.32. The Morgan fingerprint density at radius 1 is 1.14 bits per heavy atom. The lowest BCUT2D eigenvalue weighted by Crippen LogP contribution is -2.05. The van der Waals surface area contributed by atoms with Crippen LogP contribution in [0.3, 0.4) is 0 Å². The molecule has 0 atom stereocenters. The van der Waals surface area contributed by atoms with Crippen LogP contribution in [0.15, 0.2) is 46.9 Å². The number of rotatable bonds is 3. The number of hydrogen-bond donors (Lipinski definition) is 0. The van der Waals surface area contributed by atoms with Gasteiger partial charge in [0.05, 0.1) is 5.56 Å². The van der Waals surface area contributed by atoms with Crippen LogP contribution in [-0.2, 0) is 6.42 Å². The minimum absolute atomic E-state index is 0.0307. The van der Waals surface area contributed by atoms with Crippen LogP contribution in [0.4, 0.5) is 0 Å². The van der Waals surface area contributed by atoms with Crippen molar-refractivity contribution < 1.29 is 9.21 Å². The molecular weight excluding hydrogens is 284 g/mol. The number of carbonyl (C=O) groups is 1. The molecule has 0 amide bonds. The second kappa shape index (κ2) is 5.38. The summed E-state index contributed by atoms with van der Waals surface area (Å²) in [4.78, 5) is 13.0. The third-order valence-corrected chi connectivity index (χ3v) is 4.14. The molecule has 1 heterocycles. The van der Waals surface area contributed by atoms with E-state index in [1.54, 1.807) is 12.1 Å². The zero-order valence-electron chi connectivity index (χ0n) is 11.9. The summed E-state index contributed by atoms with van der Waals surface area (Å²) in [7, 11) is 0. The number of hydrogen-bond acceptors (Lipinski definition) is 2. The Hall–Kier alpha value is -2.06. The SMILES string of the molecule is CCc1oc2ccccc2c1C(=O)c1cccc(Cl)c1C. The van der Waals surface area contributed by atoms with Crippen molar-refractivity contribution in [1.82, 2.24) is 0 Å². The maximum atomic E-state index is 13.0. The van der Waals surface area contributed by atoms with Crippen LogP contribution in [0.5, 0.6) is 0 Å². The largest absolute Gasteiger partial charge is 0.460 e. The van der Waals surface area contributed by atoms with Crippen LogP contribution in [0.2, 0.25) is 5.02 Å². The maximum Gasteiger partial charge on any atom is 0.197 e. The first-order valence-corrected chi connectivity index (χ1v) is 7.31. The van der Waals surface area contributed by atoms with Gasteiger partial charge in [0.15, 0.2) is 5.78 Å². The quantitative estimate of drug-likeness (QED) is 0.623. The Bertz CT molecular complexity index is 830. The molecule has 106 valence electrons.